The number of carboxylic acid groups (broad SMARTS) is 1. The van der Waals surface area contributed by atoms with Crippen molar-refractivity contribution in [1.82, 2.24) is 0 Å². The van der Waals surface area contributed by atoms with Crippen LogP contribution in [0.15, 0.2) is 48.5 Å². The molecule has 2 rings (SSSR count). The summed E-state index contributed by atoms with van der Waals surface area (Å²) < 4.78 is 34.6. The fraction of sp³-hybridized carbons (Fsp3) is 0.400. The third kappa shape index (κ3) is 6.13. The summed E-state index contributed by atoms with van der Waals surface area (Å²) in [6.07, 6.45) is 3.60. The molecule has 0 heterocycles. The Balaban J connectivity index is 2.84. The van der Waals surface area contributed by atoms with Gasteiger partial charge in [0.05, 0.1) is 5.54 Å². The van der Waals surface area contributed by atoms with E-state index in [9.17, 15) is 4.79 Å². The van der Waals surface area contributed by atoms with Crippen LogP contribution in [-0.4, -0.2) is 39.7 Å². The van der Waals surface area contributed by atoms with Crippen LogP contribution in [0.25, 0.3) is 17.2 Å². The minimum Gasteiger partial charge on any atom is -0.478 e. The number of benzene rings is 2. The summed E-state index contributed by atoms with van der Waals surface area (Å²) in [5.74, 6) is -1.61. The molecule has 0 bridgehead atoms. The monoisotopic (exact) mass is 460 g/mol. The summed E-state index contributed by atoms with van der Waals surface area (Å²) in [5, 5.41) is 9.04. The van der Waals surface area contributed by atoms with Gasteiger partial charge in [0, 0.05) is 37.0 Å². The quantitative estimate of drug-likeness (QED) is 0.291. The Morgan fingerprint density at radius 1 is 1.00 bits per heavy atom. The topological polar surface area (TPSA) is 65.0 Å². The molecule has 0 saturated heterocycles. The lowest BCUT2D eigenvalue weighted by Gasteiger charge is -2.36. The Morgan fingerprint density at radius 3 is 2.09 bits per heavy atom. The second kappa shape index (κ2) is 12.6. The van der Waals surface area contributed by atoms with Crippen LogP contribution in [0.5, 0.6) is 0 Å². The molecular weight excluding hydrogens is 427 g/mol. The maximum atomic E-state index is 16.1. The molecule has 0 saturated carbocycles. The number of rotatable bonds is 13. The van der Waals surface area contributed by atoms with Crippen LogP contribution >= 0.6 is 0 Å². The van der Waals surface area contributed by atoms with Gasteiger partial charge in [0.15, 0.2) is 0 Å². The van der Waals surface area contributed by atoms with E-state index in [0.29, 0.717) is 31.8 Å². The van der Waals surface area contributed by atoms with Crippen molar-refractivity contribution < 1.29 is 27.6 Å². The van der Waals surface area contributed by atoms with Gasteiger partial charge in [-0.05, 0) is 44.4 Å². The zero-order valence-corrected chi connectivity index (χ0v) is 20.3. The van der Waals surface area contributed by atoms with Gasteiger partial charge in [-0.25, -0.2) is 9.18 Å². The second-order valence-electron chi connectivity index (χ2n) is 7.21. The molecule has 0 fully saturated rings. The van der Waals surface area contributed by atoms with Gasteiger partial charge in [-0.2, -0.15) is 0 Å². The first-order chi connectivity index (χ1) is 15.4. The first-order valence-corrected chi connectivity index (χ1v) is 12.9. The van der Waals surface area contributed by atoms with Gasteiger partial charge in [0.25, 0.3) is 0 Å². The fourth-order valence-corrected chi connectivity index (χ4v) is 7.27. The van der Waals surface area contributed by atoms with Crippen LogP contribution in [0.1, 0.15) is 57.2 Å². The van der Waals surface area contributed by atoms with Crippen LogP contribution in [0.3, 0.4) is 0 Å². The van der Waals surface area contributed by atoms with E-state index in [0.717, 1.165) is 23.6 Å². The highest BCUT2D eigenvalue weighted by Gasteiger charge is 2.51. The highest BCUT2D eigenvalue weighted by atomic mass is 28.4. The second-order valence-corrected chi connectivity index (χ2v) is 9.98. The predicted octanol–water partition coefficient (Wildman–Crippen LogP) is 6.06. The Labute approximate surface area is 191 Å². The number of hydrogen-bond donors (Lipinski definition) is 1. The van der Waals surface area contributed by atoms with Crippen molar-refractivity contribution in [3.8, 4) is 11.1 Å². The lowest BCUT2D eigenvalue weighted by Crippen LogP contribution is -2.52. The van der Waals surface area contributed by atoms with Gasteiger partial charge < -0.3 is 18.4 Å². The summed E-state index contributed by atoms with van der Waals surface area (Å²) in [5.41, 5.74) is 1.80. The van der Waals surface area contributed by atoms with Crippen LogP contribution in [0.4, 0.5) is 4.39 Å². The fourth-order valence-electron chi connectivity index (χ4n) is 3.93. The molecule has 2 aromatic rings. The highest BCUT2D eigenvalue weighted by molar-refractivity contribution is 6.62. The Kier molecular flexibility index (Phi) is 10.2. The van der Waals surface area contributed by atoms with E-state index in [4.69, 9.17) is 18.4 Å². The van der Waals surface area contributed by atoms with E-state index in [-0.39, 0.29) is 5.56 Å². The normalized spacial score (nSPS) is 12.9. The number of halogens is 1. The number of carbonyl (C=O) groups is 1. The van der Waals surface area contributed by atoms with Crippen molar-refractivity contribution in [3.63, 3.8) is 0 Å². The molecule has 1 atom stereocenters. The van der Waals surface area contributed by atoms with E-state index in [1.165, 1.54) is 6.08 Å². The van der Waals surface area contributed by atoms with E-state index >= 15 is 4.39 Å². The van der Waals surface area contributed by atoms with Gasteiger partial charge in [-0.3, -0.25) is 0 Å². The smallest absolute Gasteiger partial charge is 0.478 e. The summed E-state index contributed by atoms with van der Waals surface area (Å²) in [6.45, 7) is 8.81. The van der Waals surface area contributed by atoms with Gasteiger partial charge in [-0.1, -0.05) is 55.8 Å². The van der Waals surface area contributed by atoms with Crippen molar-refractivity contribution in [2.45, 2.75) is 46.1 Å². The predicted molar refractivity (Wildman–Crippen MR) is 127 cm³/mol. The molecule has 0 amide bonds. The molecule has 5 nitrogen and oxygen atoms in total. The van der Waals surface area contributed by atoms with E-state index in [1.54, 1.807) is 6.07 Å². The Hall–Kier alpha value is -2.32. The van der Waals surface area contributed by atoms with Crippen LogP contribution in [0.2, 0.25) is 0 Å². The molecule has 1 N–H and O–H groups in total. The molecule has 0 aliphatic heterocycles. The SMILES string of the molecule is CCCC(c1c(-c2ccccc2)ccc(/C=C/C(=O)O)c1F)[Si](OCC)(OCC)OCC. The molecule has 0 radical (unpaired) electrons. The summed E-state index contributed by atoms with van der Waals surface area (Å²) in [7, 11) is -3.33. The summed E-state index contributed by atoms with van der Waals surface area (Å²) >= 11 is 0. The first-order valence-electron chi connectivity index (χ1n) is 11.1. The van der Waals surface area contributed by atoms with Crippen molar-refractivity contribution in [2.24, 2.45) is 0 Å². The summed E-state index contributed by atoms with van der Waals surface area (Å²) in [6, 6.07) is 13.0. The Bertz CT molecular complexity index is 884. The average molecular weight is 461 g/mol. The number of carboxylic acids is 1. The standard InChI is InChI=1S/C25H33FO5Si/c1-5-12-22(32(29-6-2,30-7-3)31-8-4)24-21(19-13-10-9-11-14-19)17-15-20(25(24)26)16-18-23(27)28/h9-11,13-18,22H,5-8,12H2,1-4H3,(H,27,28)/b18-16+. The molecule has 32 heavy (non-hydrogen) atoms. The first kappa shape index (κ1) is 25.9. The molecular formula is C25H33FO5Si. The Morgan fingerprint density at radius 2 is 1.59 bits per heavy atom. The summed E-state index contributed by atoms with van der Waals surface area (Å²) in [4.78, 5) is 11.0. The van der Waals surface area contributed by atoms with E-state index in [1.807, 2.05) is 64.1 Å². The van der Waals surface area contributed by atoms with Crippen molar-refractivity contribution >= 4 is 20.8 Å². The van der Waals surface area contributed by atoms with Crippen LogP contribution in [0, 0.1) is 5.82 Å². The minimum atomic E-state index is -3.33. The molecule has 0 aromatic heterocycles. The molecule has 1 unspecified atom stereocenters. The van der Waals surface area contributed by atoms with Gasteiger partial charge in [0.2, 0.25) is 0 Å². The lowest BCUT2D eigenvalue weighted by molar-refractivity contribution is -0.131. The van der Waals surface area contributed by atoms with Gasteiger partial charge in [0.1, 0.15) is 5.82 Å². The van der Waals surface area contributed by atoms with Crippen molar-refractivity contribution in [3.05, 3.63) is 65.5 Å². The molecule has 0 aliphatic rings. The van der Waals surface area contributed by atoms with E-state index in [2.05, 4.69) is 0 Å². The minimum absolute atomic E-state index is 0.204. The zero-order valence-electron chi connectivity index (χ0n) is 19.3. The average Bonchev–Trinajstić information content (AvgIpc) is 2.78. The number of hydrogen-bond acceptors (Lipinski definition) is 4. The van der Waals surface area contributed by atoms with Gasteiger partial charge in [-0.15, -0.1) is 0 Å². The van der Waals surface area contributed by atoms with Crippen molar-refractivity contribution in [2.75, 3.05) is 19.8 Å². The molecule has 0 aliphatic carbocycles. The molecule has 0 spiro atoms. The molecule has 7 heteroatoms. The van der Waals surface area contributed by atoms with Crippen LogP contribution in [-0.2, 0) is 18.1 Å². The maximum Gasteiger partial charge on any atom is 0.508 e. The third-order valence-electron chi connectivity index (χ3n) is 5.09. The highest BCUT2D eigenvalue weighted by Crippen LogP contribution is 2.42. The van der Waals surface area contributed by atoms with Gasteiger partial charge >= 0.3 is 14.8 Å². The van der Waals surface area contributed by atoms with E-state index < -0.39 is 26.1 Å². The maximum absolute atomic E-state index is 16.1. The largest absolute Gasteiger partial charge is 0.508 e. The lowest BCUT2D eigenvalue weighted by atomic mass is 9.93. The zero-order chi connectivity index (χ0) is 23.6. The van der Waals surface area contributed by atoms with Crippen LogP contribution < -0.4 is 0 Å². The third-order valence-corrected chi connectivity index (χ3v) is 8.59. The molecule has 2 aromatic carbocycles. The van der Waals surface area contributed by atoms with Crippen molar-refractivity contribution in [1.29, 1.82) is 0 Å². The number of aliphatic carboxylic acids is 1. The molecule has 174 valence electrons.